The average Bonchev–Trinajstić information content (AvgIpc) is 3.40. The fourth-order valence-electron chi connectivity index (χ4n) is 2.80. The lowest BCUT2D eigenvalue weighted by atomic mass is 10.1. The summed E-state index contributed by atoms with van der Waals surface area (Å²) in [6, 6.07) is 21.3. The number of amides is 1. The summed E-state index contributed by atoms with van der Waals surface area (Å²) in [7, 11) is 1.32. The first-order chi connectivity index (χ1) is 13.7. The SMILES string of the molecule is COC(=O)NCc1cc(-c2oc(-c3ccccc3)nc2-c2ccccc2)n[nH]1. The fraction of sp³-hybridized carbons (Fsp3) is 0.0952. The highest BCUT2D eigenvalue weighted by molar-refractivity contribution is 5.77. The Bertz CT molecular complexity index is 1070. The van der Waals surface area contributed by atoms with E-state index in [-0.39, 0.29) is 6.54 Å². The molecule has 0 spiro atoms. The van der Waals surface area contributed by atoms with Crippen LogP contribution in [0.25, 0.3) is 34.2 Å². The molecule has 2 N–H and O–H groups in total. The molecule has 140 valence electrons. The van der Waals surface area contributed by atoms with Crippen molar-refractivity contribution >= 4 is 6.09 Å². The van der Waals surface area contributed by atoms with Gasteiger partial charge in [-0.25, -0.2) is 9.78 Å². The van der Waals surface area contributed by atoms with E-state index in [9.17, 15) is 4.79 Å². The van der Waals surface area contributed by atoms with Crippen molar-refractivity contribution in [2.45, 2.75) is 6.54 Å². The van der Waals surface area contributed by atoms with Gasteiger partial charge in [0.25, 0.3) is 0 Å². The third-order valence-electron chi connectivity index (χ3n) is 4.17. The van der Waals surface area contributed by atoms with Crippen LogP contribution in [0.1, 0.15) is 5.69 Å². The van der Waals surface area contributed by atoms with Crippen LogP contribution in [-0.2, 0) is 11.3 Å². The van der Waals surface area contributed by atoms with Crippen molar-refractivity contribution in [3.63, 3.8) is 0 Å². The van der Waals surface area contributed by atoms with Crippen LogP contribution in [-0.4, -0.2) is 28.4 Å². The number of methoxy groups -OCH3 is 1. The second kappa shape index (κ2) is 7.79. The van der Waals surface area contributed by atoms with Crippen LogP contribution in [0.3, 0.4) is 0 Å². The van der Waals surface area contributed by atoms with E-state index in [2.05, 4.69) is 20.3 Å². The molecule has 0 radical (unpaired) electrons. The van der Waals surface area contributed by atoms with Crippen molar-refractivity contribution in [2.75, 3.05) is 7.11 Å². The molecule has 4 rings (SSSR count). The largest absolute Gasteiger partial charge is 0.453 e. The summed E-state index contributed by atoms with van der Waals surface area (Å²) in [6.07, 6.45) is -0.507. The summed E-state index contributed by atoms with van der Waals surface area (Å²) in [6.45, 7) is 0.264. The molecule has 0 aliphatic heterocycles. The Morgan fingerprint density at radius 1 is 1.07 bits per heavy atom. The van der Waals surface area contributed by atoms with Crippen LogP contribution in [0.2, 0.25) is 0 Å². The zero-order valence-corrected chi connectivity index (χ0v) is 15.2. The highest BCUT2D eigenvalue weighted by Crippen LogP contribution is 2.35. The van der Waals surface area contributed by atoms with Crippen molar-refractivity contribution in [2.24, 2.45) is 0 Å². The number of nitrogens with zero attached hydrogens (tertiary/aromatic N) is 2. The highest BCUT2D eigenvalue weighted by atomic mass is 16.5. The maximum Gasteiger partial charge on any atom is 0.407 e. The zero-order chi connectivity index (χ0) is 19.3. The number of benzene rings is 2. The molecule has 0 saturated carbocycles. The molecule has 2 heterocycles. The fourth-order valence-corrected chi connectivity index (χ4v) is 2.80. The van der Waals surface area contributed by atoms with Crippen LogP contribution < -0.4 is 5.32 Å². The van der Waals surface area contributed by atoms with Gasteiger partial charge >= 0.3 is 6.09 Å². The summed E-state index contributed by atoms with van der Waals surface area (Å²) < 4.78 is 10.7. The van der Waals surface area contributed by atoms with Crippen molar-refractivity contribution in [1.82, 2.24) is 20.5 Å². The van der Waals surface area contributed by atoms with Gasteiger partial charge in [-0.15, -0.1) is 0 Å². The number of hydrogen-bond donors (Lipinski definition) is 2. The third kappa shape index (κ3) is 3.64. The summed E-state index contributed by atoms with van der Waals surface area (Å²) in [4.78, 5) is 16.0. The molecule has 1 amide bonds. The second-order valence-corrected chi connectivity index (χ2v) is 6.05. The van der Waals surface area contributed by atoms with Gasteiger partial charge in [-0.3, -0.25) is 5.10 Å². The van der Waals surface area contributed by atoms with E-state index in [1.165, 1.54) is 7.11 Å². The number of hydrogen-bond acceptors (Lipinski definition) is 5. The Balaban J connectivity index is 1.72. The Hall–Kier alpha value is -3.87. The van der Waals surface area contributed by atoms with Crippen LogP contribution >= 0.6 is 0 Å². The second-order valence-electron chi connectivity index (χ2n) is 6.05. The molecule has 0 aliphatic rings. The van der Waals surface area contributed by atoms with Crippen molar-refractivity contribution in [3.8, 4) is 34.2 Å². The van der Waals surface area contributed by atoms with Crippen molar-refractivity contribution in [1.29, 1.82) is 0 Å². The average molecular weight is 374 g/mol. The number of carbonyl (C=O) groups is 1. The van der Waals surface area contributed by atoms with Gasteiger partial charge in [0.2, 0.25) is 5.89 Å². The Morgan fingerprint density at radius 3 is 2.43 bits per heavy atom. The molecule has 2 aromatic heterocycles. The van der Waals surface area contributed by atoms with Gasteiger partial charge < -0.3 is 14.5 Å². The predicted molar refractivity (Wildman–Crippen MR) is 104 cm³/mol. The lowest BCUT2D eigenvalue weighted by molar-refractivity contribution is 0.170. The van der Waals surface area contributed by atoms with E-state index >= 15 is 0 Å². The Morgan fingerprint density at radius 2 is 1.75 bits per heavy atom. The minimum atomic E-state index is -0.507. The molecule has 28 heavy (non-hydrogen) atoms. The first-order valence-corrected chi connectivity index (χ1v) is 8.72. The van der Waals surface area contributed by atoms with E-state index in [1.54, 1.807) is 0 Å². The van der Waals surface area contributed by atoms with Gasteiger partial charge in [-0.2, -0.15) is 5.10 Å². The molecule has 2 aromatic carbocycles. The molecule has 0 bridgehead atoms. The summed E-state index contributed by atoms with van der Waals surface area (Å²) in [5.74, 6) is 1.08. The molecule has 0 atom stereocenters. The molecule has 0 saturated heterocycles. The first kappa shape index (κ1) is 17.5. The quantitative estimate of drug-likeness (QED) is 0.545. The van der Waals surface area contributed by atoms with Gasteiger partial charge in [0.1, 0.15) is 11.4 Å². The van der Waals surface area contributed by atoms with Gasteiger partial charge in [0.05, 0.1) is 19.3 Å². The molecule has 7 nitrogen and oxygen atoms in total. The molecule has 0 unspecified atom stereocenters. The zero-order valence-electron chi connectivity index (χ0n) is 15.2. The summed E-state index contributed by atoms with van der Waals surface area (Å²) in [5.41, 5.74) is 3.85. The lowest BCUT2D eigenvalue weighted by Gasteiger charge is -2.00. The van der Waals surface area contributed by atoms with E-state index < -0.39 is 6.09 Å². The number of oxazole rings is 1. The number of alkyl carbamates (subject to hydrolysis) is 1. The van der Waals surface area contributed by atoms with Gasteiger partial charge in [0.15, 0.2) is 5.76 Å². The number of ether oxygens (including phenoxy) is 1. The monoisotopic (exact) mass is 374 g/mol. The molecule has 4 aromatic rings. The highest BCUT2D eigenvalue weighted by Gasteiger charge is 2.20. The minimum Gasteiger partial charge on any atom is -0.453 e. The predicted octanol–water partition coefficient (Wildman–Crippen LogP) is 4.25. The number of carbonyl (C=O) groups excluding carboxylic acids is 1. The van der Waals surface area contributed by atoms with Crippen LogP contribution in [0.15, 0.2) is 71.1 Å². The van der Waals surface area contributed by atoms with E-state index in [0.29, 0.717) is 23.0 Å². The molecular formula is C21H18N4O3. The summed E-state index contributed by atoms with van der Waals surface area (Å²) >= 11 is 0. The number of rotatable bonds is 5. The van der Waals surface area contributed by atoms with E-state index in [1.807, 2.05) is 66.7 Å². The molecule has 0 aliphatic carbocycles. The lowest BCUT2D eigenvalue weighted by Crippen LogP contribution is -2.22. The maximum absolute atomic E-state index is 11.3. The number of H-pyrrole nitrogens is 1. The maximum atomic E-state index is 11.3. The van der Waals surface area contributed by atoms with Gasteiger partial charge in [-0.05, 0) is 18.2 Å². The van der Waals surface area contributed by atoms with Crippen molar-refractivity contribution < 1.29 is 13.9 Å². The standard InChI is InChI=1S/C21H18N4O3/c1-27-21(26)22-13-16-12-17(25-24-16)19-18(14-8-4-2-5-9-14)23-20(28-19)15-10-6-3-7-11-15/h2-12H,13H2,1H3,(H,22,26)(H,24,25). The van der Waals surface area contributed by atoms with E-state index in [0.717, 1.165) is 16.8 Å². The van der Waals surface area contributed by atoms with Gasteiger partial charge in [0, 0.05) is 11.1 Å². The number of aromatic nitrogens is 3. The molecule has 7 heteroatoms. The van der Waals surface area contributed by atoms with Crippen molar-refractivity contribution in [3.05, 3.63) is 72.4 Å². The molecule has 0 fully saturated rings. The normalized spacial score (nSPS) is 10.6. The molecular weight excluding hydrogens is 356 g/mol. The first-order valence-electron chi connectivity index (χ1n) is 8.72. The summed E-state index contributed by atoms with van der Waals surface area (Å²) in [5, 5.41) is 9.85. The topological polar surface area (TPSA) is 93.0 Å². The Kier molecular flexibility index (Phi) is 4.88. The Labute approximate surface area is 161 Å². The third-order valence-corrected chi connectivity index (χ3v) is 4.17. The van der Waals surface area contributed by atoms with Crippen LogP contribution in [0, 0.1) is 0 Å². The smallest absolute Gasteiger partial charge is 0.407 e. The van der Waals surface area contributed by atoms with E-state index in [4.69, 9.17) is 9.40 Å². The van der Waals surface area contributed by atoms with Gasteiger partial charge in [-0.1, -0.05) is 48.5 Å². The number of nitrogens with one attached hydrogen (secondary N) is 2. The van der Waals surface area contributed by atoms with Crippen LogP contribution in [0.4, 0.5) is 4.79 Å². The number of aromatic amines is 1. The van der Waals surface area contributed by atoms with Crippen LogP contribution in [0.5, 0.6) is 0 Å². The minimum absolute atomic E-state index is 0.264.